The molecule has 0 bridgehead atoms. The fraction of sp³-hybridized carbons (Fsp3) is 0.167. The van der Waals surface area contributed by atoms with E-state index in [0.29, 0.717) is 5.69 Å². The zero-order valence-corrected chi connectivity index (χ0v) is 17.1. The van der Waals surface area contributed by atoms with E-state index in [0.717, 1.165) is 28.0 Å². The predicted molar refractivity (Wildman–Crippen MR) is 117 cm³/mol. The Morgan fingerprint density at radius 2 is 1.87 bits per heavy atom. The first-order chi connectivity index (χ1) is 14.4. The van der Waals surface area contributed by atoms with Crippen molar-refractivity contribution in [1.29, 1.82) is 0 Å². The highest BCUT2D eigenvalue weighted by molar-refractivity contribution is 5.96. The van der Waals surface area contributed by atoms with Crippen LogP contribution in [0, 0.1) is 12.7 Å². The van der Waals surface area contributed by atoms with Crippen molar-refractivity contribution >= 4 is 17.2 Å². The van der Waals surface area contributed by atoms with Crippen LogP contribution in [-0.4, -0.2) is 34.3 Å². The van der Waals surface area contributed by atoms with Gasteiger partial charge in [0.05, 0.1) is 5.69 Å². The molecule has 0 radical (unpaired) electrons. The summed E-state index contributed by atoms with van der Waals surface area (Å²) in [5.74, 6) is -0.513. The van der Waals surface area contributed by atoms with Crippen LogP contribution in [0.15, 0.2) is 73.1 Å². The normalized spacial score (nSPS) is 12.3. The van der Waals surface area contributed by atoms with Gasteiger partial charge in [-0.15, -0.1) is 0 Å². The lowest BCUT2D eigenvalue weighted by atomic mass is 10.0. The lowest BCUT2D eigenvalue weighted by molar-refractivity contribution is -0.120. The second-order valence-electron chi connectivity index (χ2n) is 7.58. The molecule has 2 heterocycles. The molecule has 0 unspecified atom stereocenters. The van der Waals surface area contributed by atoms with Crippen LogP contribution in [0.3, 0.4) is 0 Å². The van der Waals surface area contributed by atoms with Gasteiger partial charge in [-0.3, -0.25) is 9.69 Å². The van der Waals surface area contributed by atoms with E-state index in [4.69, 9.17) is 0 Å². The first-order valence-electron chi connectivity index (χ1n) is 9.69. The molecular formula is C24H23FN4O. The van der Waals surface area contributed by atoms with Crippen LogP contribution in [0.2, 0.25) is 0 Å². The number of fused-ring (bicyclic) bond motifs is 1. The molecule has 0 spiro atoms. The lowest BCUT2D eigenvalue weighted by Gasteiger charge is -2.24. The van der Waals surface area contributed by atoms with Gasteiger partial charge in [-0.1, -0.05) is 24.3 Å². The van der Waals surface area contributed by atoms with E-state index < -0.39 is 6.04 Å². The summed E-state index contributed by atoms with van der Waals surface area (Å²) in [6.07, 6.45) is 3.95. The average molecular weight is 402 g/mol. The summed E-state index contributed by atoms with van der Waals surface area (Å²) < 4.78 is 15.3. The van der Waals surface area contributed by atoms with Crippen LogP contribution < -0.4 is 5.32 Å². The van der Waals surface area contributed by atoms with Crippen molar-refractivity contribution in [3.63, 3.8) is 0 Å². The highest BCUT2D eigenvalue weighted by atomic mass is 19.1. The van der Waals surface area contributed by atoms with Crippen molar-refractivity contribution in [3.8, 4) is 11.3 Å². The minimum absolute atomic E-state index is 0.186. The highest BCUT2D eigenvalue weighted by Gasteiger charge is 2.23. The first kappa shape index (κ1) is 19.8. The largest absolute Gasteiger partial charge is 0.324 e. The molecule has 0 aliphatic heterocycles. The number of likely N-dealkylation sites (N-methyl/N-ethyl adjacent to an activating group) is 1. The molecule has 2 aromatic heterocycles. The quantitative estimate of drug-likeness (QED) is 0.527. The SMILES string of the molecule is Cc1ccn2cc(-c3cccc(NC(=O)[C@H](c4ccc(F)cc4)N(C)C)c3)nc2c1. The van der Waals surface area contributed by atoms with E-state index in [2.05, 4.69) is 10.3 Å². The Bertz CT molecular complexity index is 1200. The van der Waals surface area contributed by atoms with Gasteiger partial charge in [-0.05, 0) is 68.5 Å². The van der Waals surface area contributed by atoms with Crippen LogP contribution in [0.5, 0.6) is 0 Å². The summed E-state index contributed by atoms with van der Waals surface area (Å²) in [5, 5.41) is 2.98. The Morgan fingerprint density at radius 1 is 1.10 bits per heavy atom. The van der Waals surface area contributed by atoms with Gasteiger partial charge in [0, 0.05) is 23.6 Å². The molecule has 1 atom stereocenters. The molecule has 2 aromatic carbocycles. The van der Waals surface area contributed by atoms with Crippen molar-refractivity contribution in [2.75, 3.05) is 19.4 Å². The molecule has 0 aliphatic carbocycles. The molecule has 6 heteroatoms. The monoisotopic (exact) mass is 402 g/mol. The van der Waals surface area contributed by atoms with Crippen LogP contribution in [0.25, 0.3) is 16.9 Å². The number of carbonyl (C=O) groups excluding carboxylic acids is 1. The zero-order valence-electron chi connectivity index (χ0n) is 17.1. The molecule has 1 amide bonds. The number of benzene rings is 2. The molecule has 0 fully saturated rings. The van der Waals surface area contributed by atoms with Gasteiger partial charge >= 0.3 is 0 Å². The third-order valence-corrected chi connectivity index (χ3v) is 4.99. The molecular weight excluding hydrogens is 379 g/mol. The van der Waals surface area contributed by atoms with Crippen molar-refractivity contribution < 1.29 is 9.18 Å². The number of amides is 1. The molecule has 4 rings (SSSR count). The van der Waals surface area contributed by atoms with Gasteiger partial charge in [0.25, 0.3) is 0 Å². The third-order valence-electron chi connectivity index (χ3n) is 4.99. The minimum Gasteiger partial charge on any atom is -0.324 e. The van der Waals surface area contributed by atoms with E-state index in [-0.39, 0.29) is 11.7 Å². The number of nitrogens with one attached hydrogen (secondary N) is 1. The van der Waals surface area contributed by atoms with Gasteiger partial charge in [0.2, 0.25) is 5.91 Å². The van der Waals surface area contributed by atoms with Gasteiger partial charge in [0.1, 0.15) is 17.5 Å². The van der Waals surface area contributed by atoms with E-state index in [9.17, 15) is 9.18 Å². The fourth-order valence-electron chi connectivity index (χ4n) is 3.52. The van der Waals surface area contributed by atoms with Crippen LogP contribution >= 0.6 is 0 Å². The Morgan fingerprint density at radius 3 is 2.60 bits per heavy atom. The van der Waals surface area contributed by atoms with Gasteiger partial charge < -0.3 is 9.72 Å². The molecule has 152 valence electrons. The Balaban J connectivity index is 1.59. The molecule has 30 heavy (non-hydrogen) atoms. The number of halogens is 1. The van der Waals surface area contributed by atoms with Crippen molar-refractivity contribution in [3.05, 3.63) is 90.0 Å². The fourth-order valence-corrected chi connectivity index (χ4v) is 3.52. The number of carbonyl (C=O) groups is 1. The number of rotatable bonds is 5. The molecule has 4 aromatic rings. The summed E-state index contributed by atoms with van der Waals surface area (Å²) in [7, 11) is 3.64. The van der Waals surface area contributed by atoms with E-state index in [1.165, 1.54) is 12.1 Å². The number of imidazole rings is 1. The number of pyridine rings is 1. The van der Waals surface area contributed by atoms with Gasteiger partial charge in [0.15, 0.2) is 0 Å². The number of aryl methyl sites for hydroxylation is 1. The maximum atomic E-state index is 13.3. The van der Waals surface area contributed by atoms with Crippen LogP contribution in [0.4, 0.5) is 10.1 Å². The molecule has 0 aliphatic rings. The Hall–Kier alpha value is -3.51. The second kappa shape index (κ2) is 8.08. The third kappa shape index (κ3) is 4.09. The second-order valence-corrected chi connectivity index (χ2v) is 7.58. The van der Waals surface area contributed by atoms with Gasteiger partial charge in [-0.2, -0.15) is 0 Å². The number of hydrogen-bond acceptors (Lipinski definition) is 3. The topological polar surface area (TPSA) is 49.6 Å². The van der Waals surface area contributed by atoms with E-state index >= 15 is 0 Å². The molecule has 0 saturated heterocycles. The minimum atomic E-state index is -0.535. The van der Waals surface area contributed by atoms with Crippen molar-refractivity contribution in [1.82, 2.24) is 14.3 Å². The van der Waals surface area contributed by atoms with E-state index in [1.54, 1.807) is 17.0 Å². The van der Waals surface area contributed by atoms with Crippen molar-refractivity contribution in [2.45, 2.75) is 13.0 Å². The smallest absolute Gasteiger partial charge is 0.246 e. The number of nitrogens with zero attached hydrogens (tertiary/aromatic N) is 3. The maximum absolute atomic E-state index is 13.3. The summed E-state index contributed by atoms with van der Waals surface area (Å²) in [4.78, 5) is 19.5. The average Bonchev–Trinajstić information content (AvgIpc) is 3.13. The van der Waals surface area contributed by atoms with E-state index in [1.807, 2.05) is 74.2 Å². The maximum Gasteiger partial charge on any atom is 0.246 e. The number of anilines is 1. The Labute approximate surface area is 174 Å². The molecule has 5 nitrogen and oxygen atoms in total. The highest BCUT2D eigenvalue weighted by Crippen LogP contribution is 2.25. The zero-order chi connectivity index (χ0) is 21.3. The summed E-state index contributed by atoms with van der Waals surface area (Å²) >= 11 is 0. The Kier molecular flexibility index (Phi) is 5.33. The molecule has 0 saturated carbocycles. The summed E-state index contributed by atoms with van der Waals surface area (Å²) in [6.45, 7) is 2.03. The van der Waals surface area contributed by atoms with Crippen LogP contribution in [-0.2, 0) is 4.79 Å². The number of aromatic nitrogens is 2. The van der Waals surface area contributed by atoms with Crippen LogP contribution in [0.1, 0.15) is 17.2 Å². The standard InChI is InChI=1S/C24H23FN4O/c1-16-11-12-29-15-21(27-22(29)13-16)18-5-4-6-20(14-18)26-24(30)23(28(2)3)17-7-9-19(25)10-8-17/h4-15,23H,1-3H3,(H,26,30)/t23-/m0/s1. The predicted octanol–water partition coefficient (Wildman–Crippen LogP) is 4.69. The first-order valence-corrected chi connectivity index (χ1v) is 9.69. The van der Waals surface area contributed by atoms with Gasteiger partial charge in [-0.25, -0.2) is 9.37 Å². The molecule has 1 N–H and O–H groups in total. The van der Waals surface area contributed by atoms with Crippen molar-refractivity contribution in [2.24, 2.45) is 0 Å². The summed E-state index contributed by atoms with van der Waals surface area (Å²) in [5.41, 5.74) is 5.18. The summed E-state index contributed by atoms with van der Waals surface area (Å²) in [6, 6.07) is 17.1. The number of hydrogen-bond donors (Lipinski definition) is 1. The lowest BCUT2D eigenvalue weighted by Crippen LogP contribution is -2.32.